The lowest BCUT2D eigenvalue weighted by Crippen LogP contribution is -2.43. The van der Waals surface area contributed by atoms with Crippen LogP contribution >= 0.6 is 12.6 Å². The third-order valence-electron chi connectivity index (χ3n) is 2.89. The molecule has 0 unspecified atom stereocenters. The lowest BCUT2D eigenvalue weighted by molar-refractivity contribution is -0.144. The van der Waals surface area contributed by atoms with Crippen LogP contribution in [0.1, 0.15) is 32.1 Å². The van der Waals surface area contributed by atoms with Crippen molar-refractivity contribution < 1.29 is 9.53 Å². The molecule has 1 atom stereocenters. The van der Waals surface area contributed by atoms with Crippen LogP contribution in [-0.4, -0.2) is 25.0 Å². The van der Waals surface area contributed by atoms with E-state index in [9.17, 15) is 4.79 Å². The van der Waals surface area contributed by atoms with Gasteiger partial charge in [-0.1, -0.05) is 19.3 Å². The number of carbonyl (C=O) groups is 1. The highest BCUT2D eigenvalue weighted by atomic mass is 32.1. The van der Waals surface area contributed by atoms with Crippen molar-refractivity contribution in [2.24, 2.45) is 5.92 Å². The fraction of sp³-hybridized carbons (Fsp3) is 0.900. The average Bonchev–Trinajstić information content (AvgIpc) is 2.26. The minimum Gasteiger partial charge on any atom is -0.468 e. The van der Waals surface area contributed by atoms with Gasteiger partial charge in [-0.3, -0.25) is 10.1 Å². The predicted octanol–water partition coefficient (Wildman–Crippen LogP) is 1.59. The molecule has 0 radical (unpaired) electrons. The van der Waals surface area contributed by atoms with E-state index in [2.05, 4.69) is 17.9 Å². The number of ether oxygens (including phenoxy) is 1. The Morgan fingerprint density at radius 3 is 2.64 bits per heavy atom. The molecule has 0 aliphatic heterocycles. The van der Waals surface area contributed by atoms with Crippen molar-refractivity contribution in [3.05, 3.63) is 0 Å². The average molecular weight is 217 g/mol. The number of methoxy groups -OCH3 is 1. The van der Waals surface area contributed by atoms with Gasteiger partial charge in [0.2, 0.25) is 0 Å². The van der Waals surface area contributed by atoms with E-state index < -0.39 is 0 Å². The molecule has 0 aromatic heterocycles. The summed E-state index contributed by atoms with van der Waals surface area (Å²) in [5, 5.41) is 3.09. The van der Waals surface area contributed by atoms with E-state index in [1.807, 2.05) is 0 Å². The molecule has 3 nitrogen and oxygen atoms in total. The van der Waals surface area contributed by atoms with Crippen molar-refractivity contribution in [2.75, 3.05) is 13.0 Å². The Bertz CT molecular complexity index is 181. The minimum absolute atomic E-state index is 0.147. The van der Waals surface area contributed by atoms with Gasteiger partial charge in [0.15, 0.2) is 0 Å². The van der Waals surface area contributed by atoms with Gasteiger partial charge in [-0.15, -0.1) is 0 Å². The van der Waals surface area contributed by atoms with Gasteiger partial charge < -0.3 is 4.74 Å². The molecule has 1 saturated carbocycles. The topological polar surface area (TPSA) is 38.3 Å². The number of hydrogen-bond donors (Lipinski definition) is 2. The molecule has 0 saturated heterocycles. The summed E-state index contributed by atoms with van der Waals surface area (Å²) in [4.78, 5) is 11.5. The molecule has 0 bridgehead atoms. The molecule has 14 heavy (non-hydrogen) atoms. The van der Waals surface area contributed by atoms with Crippen molar-refractivity contribution in [2.45, 2.75) is 38.1 Å². The summed E-state index contributed by atoms with van der Waals surface area (Å²) in [7, 11) is 1.44. The molecule has 0 amide bonds. The van der Waals surface area contributed by atoms with Crippen molar-refractivity contribution >= 4 is 18.6 Å². The van der Waals surface area contributed by atoms with Crippen LogP contribution in [0, 0.1) is 5.92 Å². The zero-order valence-corrected chi connectivity index (χ0v) is 9.56. The smallest absolute Gasteiger partial charge is 0.323 e. The van der Waals surface area contributed by atoms with Crippen LogP contribution < -0.4 is 5.32 Å². The monoisotopic (exact) mass is 217 g/mol. The second-order valence-electron chi connectivity index (χ2n) is 3.76. The second-order valence-corrected chi connectivity index (χ2v) is 4.08. The summed E-state index contributed by atoms with van der Waals surface area (Å²) in [6, 6.07) is -0.155. The van der Waals surface area contributed by atoms with Gasteiger partial charge >= 0.3 is 5.97 Å². The maximum absolute atomic E-state index is 11.5. The normalized spacial score (nSPS) is 20.4. The zero-order chi connectivity index (χ0) is 10.4. The molecule has 1 fully saturated rings. The molecule has 1 N–H and O–H groups in total. The first-order valence-corrected chi connectivity index (χ1v) is 5.85. The summed E-state index contributed by atoms with van der Waals surface area (Å²) >= 11 is 4.09. The molecule has 0 aromatic rings. The van der Waals surface area contributed by atoms with Crippen LogP contribution in [-0.2, 0) is 9.53 Å². The highest BCUT2D eigenvalue weighted by molar-refractivity contribution is 7.80. The van der Waals surface area contributed by atoms with Crippen LogP contribution in [0.5, 0.6) is 0 Å². The Labute approximate surface area is 91.0 Å². The first-order valence-electron chi connectivity index (χ1n) is 5.21. The third kappa shape index (κ3) is 3.17. The number of rotatable bonds is 4. The Kier molecular flexibility index (Phi) is 5.33. The van der Waals surface area contributed by atoms with E-state index >= 15 is 0 Å². The lowest BCUT2D eigenvalue weighted by Gasteiger charge is -2.28. The molecule has 1 aliphatic carbocycles. The third-order valence-corrected chi connectivity index (χ3v) is 3.07. The van der Waals surface area contributed by atoms with Gasteiger partial charge in [0, 0.05) is 5.88 Å². The molecule has 0 spiro atoms. The number of hydrogen-bond acceptors (Lipinski definition) is 4. The number of esters is 1. The number of nitrogens with one attached hydrogen (secondary N) is 1. The van der Waals surface area contributed by atoms with Gasteiger partial charge in [0.25, 0.3) is 0 Å². The fourth-order valence-electron chi connectivity index (χ4n) is 2.14. The maximum Gasteiger partial charge on any atom is 0.323 e. The quantitative estimate of drug-likeness (QED) is 0.426. The Morgan fingerprint density at radius 2 is 2.14 bits per heavy atom. The molecule has 82 valence electrons. The molecular formula is C10H19NO2S. The van der Waals surface area contributed by atoms with Crippen molar-refractivity contribution in [1.29, 1.82) is 0 Å². The van der Waals surface area contributed by atoms with E-state index in [0.717, 1.165) is 12.8 Å². The van der Waals surface area contributed by atoms with E-state index in [0.29, 0.717) is 11.8 Å². The van der Waals surface area contributed by atoms with Crippen LogP contribution in [0.3, 0.4) is 0 Å². The maximum atomic E-state index is 11.5. The van der Waals surface area contributed by atoms with Gasteiger partial charge in [-0.05, 0) is 18.8 Å². The van der Waals surface area contributed by atoms with E-state index in [-0.39, 0.29) is 12.0 Å². The minimum atomic E-state index is -0.155. The largest absolute Gasteiger partial charge is 0.468 e. The SMILES string of the molecule is COC(=O)[C@@H](NCS)C1CCCCC1. The number of carbonyl (C=O) groups excluding carboxylic acids is 1. The first-order chi connectivity index (χ1) is 6.79. The van der Waals surface area contributed by atoms with Crippen LogP contribution in [0.2, 0.25) is 0 Å². The molecular weight excluding hydrogens is 198 g/mol. The predicted molar refractivity (Wildman–Crippen MR) is 59.4 cm³/mol. The van der Waals surface area contributed by atoms with Crippen LogP contribution in [0.15, 0.2) is 0 Å². The second kappa shape index (κ2) is 6.30. The summed E-state index contributed by atoms with van der Waals surface area (Å²) < 4.78 is 4.78. The Morgan fingerprint density at radius 1 is 1.50 bits per heavy atom. The van der Waals surface area contributed by atoms with Crippen LogP contribution in [0.25, 0.3) is 0 Å². The summed E-state index contributed by atoms with van der Waals surface area (Å²) in [6.07, 6.45) is 6.01. The van der Waals surface area contributed by atoms with E-state index in [4.69, 9.17) is 4.74 Å². The van der Waals surface area contributed by atoms with Gasteiger partial charge in [0.05, 0.1) is 7.11 Å². The Balaban J connectivity index is 2.50. The standard InChI is InChI=1S/C10H19NO2S/c1-13-10(12)9(11-7-14)8-5-3-2-4-6-8/h8-9,11,14H,2-7H2,1H3/t9-/m0/s1. The van der Waals surface area contributed by atoms with Crippen LogP contribution in [0.4, 0.5) is 0 Å². The lowest BCUT2D eigenvalue weighted by atomic mass is 9.84. The number of thiol groups is 1. The Hall–Kier alpha value is -0.220. The molecule has 1 aliphatic rings. The molecule has 0 heterocycles. The fourth-order valence-corrected chi connectivity index (χ4v) is 2.33. The summed E-state index contributed by atoms with van der Waals surface area (Å²) in [5.41, 5.74) is 0. The molecule has 1 rings (SSSR count). The zero-order valence-electron chi connectivity index (χ0n) is 8.66. The van der Waals surface area contributed by atoms with Crippen molar-refractivity contribution in [3.8, 4) is 0 Å². The van der Waals surface area contributed by atoms with Crippen molar-refractivity contribution in [3.63, 3.8) is 0 Å². The first kappa shape index (κ1) is 11.9. The molecule has 0 aromatic carbocycles. The van der Waals surface area contributed by atoms with Gasteiger partial charge in [-0.2, -0.15) is 12.6 Å². The van der Waals surface area contributed by atoms with E-state index in [1.54, 1.807) is 0 Å². The highest BCUT2D eigenvalue weighted by Gasteiger charge is 2.29. The molecule has 4 heteroatoms. The van der Waals surface area contributed by atoms with Crippen molar-refractivity contribution in [1.82, 2.24) is 5.32 Å². The highest BCUT2D eigenvalue weighted by Crippen LogP contribution is 2.26. The van der Waals surface area contributed by atoms with Gasteiger partial charge in [-0.25, -0.2) is 0 Å². The van der Waals surface area contributed by atoms with E-state index in [1.165, 1.54) is 26.4 Å². The van der Waals surface area contributed by atoms with Gasteiger partial charge in [0.1, 0.15) is 6.04 Å². The summed E-state index contributed by atoms with van der Waals surface area (Å²) in [6.45, 7) is 0. The summed E-state index contributed by atoms with van der Waals surface area (Å²) in [5.74, 6) is 0.810.